The molecule has 0 saturated heterocycles. The van der Waals surface area contributed by atoms with E-state index in [0.29, 0.717) is 18.7 Å². The van der Waals surface area contributed by atoms with Gasteiger partial charge in [-0.2, -0.15) is 5.10 Å². The Bertz CT molecular complexity index is 1030. The second-order valence-electron chi connectivity index (χ2n) is 6.14. The summed E-state index contributed by atoms with van der Waals surface area (Å²) >= 11 is 0. The number of sulfonamides is 1. The molecular weight excluding hydrogens is 362 g/mol. The lowest BCUT2D eigenvalue weighted by molar-refractivity contribution is 0.536. The van der Waals surface area contributed by atoms with Crippen LogP contribution in [0.1, 0.15) is 12.0 Å². The summed E-state index contributed by atoms with van der Waals surface area (Å²) < 4.78 is 28.2. The molecule has 0 fully saturated rings. The molecule has 0 saturated carbocycles. The summed E-state index contributed by atoms with van der Waals surface area (Å²) in [5.41, 5.74) is 2.16. The van der Waals surface area contributed by atoms with Crippen LogP contribution in [0.2, 0.25) is 0 Å². The third-order valence-electron chi connectivity index (χ3n) is 4.00. The molecule has 6 nitrogen and oxygen atoms in total. The molecule has 0 amide bonds. The van der Waals surface area contributed by atoms with E-state index >= 15 is 0 Å². The van der Waals surface area contributed by atoms with Gasteiger partial charge in [0.05, 0.1) is 11.4 Å². The van der Waals surface area contributed by atoms with Crippen molar-refractivity contribution in [2.24, 2.45) is 0 Å². The maximum Gasteiger partial charge on any atom is 0.266 e. The van der Waals surface area contributed by atoms with Gasteiger partial charge in [-0.05, 0) is 18.1 Å². The highest BCUT2D eigenvalue weighted by Crippen LogP contribution is 2.14. The largest absolute Gasteiger partial charge is 0.268 e. The van der Waals surface area contributed by atoms with E-state index in [2.05, 4.69) is 9.82 Å². The molecule has 1 aromatic heterocycles. The fourth-order valence-corrected chi connectivity index (χ4v) is 3.86. The zero-order valence-electron chi connectivity index (χ0n) is 14.8. The van der Waals surface area contributed by atoms with Crippen LogP contribution in [0.3, 0.4) is 0 Å². The summed E-state index contributed by atoms with van der Waals surface area (Å²) in [6, 6.07) is 21.8. The smallest absolute Gasteiger partial charge is 0.266 e. The monoisotopic (exact) mass is 383 g/mol. The molecule has 140 valence electrons. The van der Waals surface area contributed by atoms with E-state index in [9.17, 15) is 13.2 Å². The van der Waals surface area contributed by atoms with Crippen molar-refractivity contribution in [1.82, 2.24) is 14.5 Å². The molecule has 27 heavy (non-hydrogen) atoms. The number of rotatable bonds is 8. The lowest BCUT2D eigenvalue weighted by Gasteiger charge is -2.09. The average Bonchev–Trinajstić information content (AvgIpc) is 2.67. The Morgan fingerprint density at radius 3 is 2.26 bits per heavy atom. The lowest BCUT2D eigenvalue weighted by Crippen LogP contribution is -2.29. The molecule has 0 aliphatic rings. The summed E-state index contributed by atoms with van der Waals surface area (Å²) in [5.74, 6) is -0.0600. The Morgan fingerprint density at radius 1 is 0.889 bits per heavy atom. The first kappa shape index (κ1) is 19.0. The van der Waals surface area contributed by atoms with Crippen molar-refractivity contribution in [1.29, 1.82) is 0 Å². The normalized spacial score (nSPS) is 11.4. The van der Waals surface area contributed by atoms with Crippen LogP contribution in [0.15, 0.2) is 77.6 Å². The van der Waals surface area contributed by atoms with Crippen molar-refractivity contribution in [2.75, 3.05) is 6.54 Å². The standard InChI is InChI=1S/C20H21N3O3S/c24-20-13-12-19(18-10-5-2-6-11-18)22-23(20)15-7-14-21-27(25,26)16-17-8-3-1-4-9-17/h1-6,8-13,21H,7,14-16H2. The predicted molar refractivity (Wildman–Crippen MR) is 106 cm³/mol. The topological polar surface area (TPSA) is 81.1 Å². The average molecular weight is 383 g/mol. The maximum absolute atomic E-state index is 12.1. The molecule has 7 heteroatoms. The molecule has 0 spiro atoms. The highest BCUT2D eigenvalue weighted by molar-refractivity contribution is 7.88. The Hall–Kier alpha value is -2.77. The molecule has 0 aliphatic carbocycles. The SMILES string of the molecule is O=c1ccc(-c2ccccc2)nn1CCCNS(=O)(=O)Cc1ccccc1. The lowest BCUT2D eigenvalue weighted by atomic mass is 10.1. The molecule has 0 atom stereocenters. The number of benzene rings is 2. The van der Waals surface area contributed by atoms with Crippen LogP contribution < -0.4 is 10.3 Å². The Balaban J connectivity index is 1.57. The van der Waals surface area contributed by atoms with Gasteiger partial charge < -0.3 is 0 Å². The van der Waals surface area contributed by atoms with Crippen LogP contribution in [0.25, 0.3) is 11.3 Å². The van der Waals surface area contributed by atoms with E-state index in [1.54, 1.807) is 18.2 Å². The molecular formula is C20H21N3O3S. The van der Waals surface area contributed by atoms with Gasteiger partial charge in [0.2, 0.25) is 10.0 Å². The van der Waals surface area contributed by atoms with Crippen LogP contribution in [0, 0.1) is 0 Å². The van der Waals surface area contributed by atoms with Gasteiger partial charge in [-0.25, -0.2) is 17.8 Å². The summed E-state index contributed by atoms with van der Waals surface area (Å²) in [6.45, 7) is 0.589. The third-order valence-corrected chi connectivity index (χ3v) is 5.36. The molecule has 0 unspecified atom stereocenters. The maximum atomic E-state index is 12.1. The van der Waals surface area contributed by atoms with E-state index in [-0.39, 0.29) is 17.9 Å². The summed E-state index contributed by atoms with van der Waals surface area (Å²) in [6.07, 6.45) is 0.471. The summed E-state index contributed by atoms with van der Waals surface area (Å²) in [5, 5.41) is 4.37. The second kappa shape index (κ2) is 8.75. The van der Waals surface area contributed by atoms with Gasteiger partial charge in [-0.1, -0.05) is 60.7 Å². The predicted octanol–water partition coefficient (Wildman–Crippen LogP) is 2.42. The number of aromatic nitrogens is 2. The van der Waals surface area contributed by atoms with Gasteiger partial charge in [0, 0.05) is 24.7 Å². The molecule has 1 N–H and O–H groups in total. The fraction of sp³-hybridized carbons (Fsp3) is 0.200. The van der Waals surface area contributed by atoms with Crippen molar-refractivity contribution in [3.63, 3.8) is 0 Å². The van der Waals surface area contributed by atoms with Gasteiger partial charge >= 0.3 is 0 Å². The van der Waals surface area contributed by atoms with Crippen molar-refractivity contribution in [3.8, 4) is 11.3 Å². The Labute approximate surface area is 158 Å². The highest BCUT2D eigenvalue weighted by atomic mass is 32.2. The number of hydrogen-bond donors (Lipinski definition) is 1. The van der Waals surface area contributed by atoms with Crippen LogP contribution in [0.4, 0.5) is 0 Å². The Kier molecular flexibility index (Phi) is 6.16. The van der Waals surface area contributed by atoms with Gasteiger partial charge in [0.15, 0.2) is 0 Å². The first-order valence-electron chi connectivity index (χ1n) is 8.68. The van der Waals surface area contributed by atoms with E-state index in [1.165, 1.54) is 10.7 Å². The van der Waals surface area contributed by atoms with Crippen molar-refractivity contribution < 1.29 is 8.42 Å². The van der Waals surface area contributed by atoms with Gasteiger partial charge in [-0.15, -0.1) is 0 Å². The quantitative estimate of drug-likeness (QED) is 0.606. The van der Waals surface area contributed by atoms with Crippen molar-refractivity contribution in [3.05, 3.63) is 88.7 Å². The van der Waals surface area contributed by atoms with E-state index in [4.69, 9.17) is 0 Å². The number of aryl methyl sites for hydroxylation is 1. The van der Waals surface area contributed by atoms with Crippen molar-refractivity contribution in [2.45, 2.75) is 18.7 Å². The highest BCUT2D eigenvalue weighted by Gasteiger charge is 2.10. The minimum Gasteiger partial charge on any atom is -0.268 e. The van der Waals surface area contributed by atoms with Gasteiger partial charge in [0.1, 0.15) is 0 Å². The van der Waals surface area contributed by atoms with E-state index in [0.717, 1.165) is 11.1 Å². The molecule has 1 heterocycles. The van der Waals surface area contributed by atoms with Crippen LogP contribution in [-0.4, -0.2) is 24.7 Å². The number of nitrogens with zero attached hydrogens (tertiary/aromatic N) is 2. The van der Waals surface area contributed by atoms with Gasteiger partial charge in [0.25, 0.3) is 5.56 Å². The van der Waals surface area contributed by atoms with E-state index < -0.39 is 10.0 Å². The third kappa shape index (κ3) is 5.60. The summed E-state index contributed by atoms with van der Waals surface area (Å²) in [4.78, 5) is 12.0. The molecule has 0 aliphatic heterocycles. The number of hydrogen-bond acceptors (Lipinski definition) is 4. The minimum atomic E-state index is -3.41. The zero-order valence-corrected chi connectivity index (χ0v) is 15.6. The zero-order chi connectivity index (χ0) is 19.1. The Morgan fingerprint density at radius 2 is 1.56 bits per heavy atom. The van der Waals surface area contributed by atoms with E-state index in [1.807, 2.05) is 48.5 Å². The molecule has 3 aromatic rings. The van der Waals surface area contributed by atoms with Crippen molar-refractivity contribution >= 4 is 10.0 Å². The second-order valence-corrected chi connectivity index (χ2v) is 7.95. The minimum absolute atomic E-state index is 0.0600. The molecule has 0 bridgehead atoms. The summed E-state index contributed by atoms with van der Waals surface area (Å²) in [7, 11) is -3.41. The fourth-order valence-electron chi connectivity index (χ4n) is 2.67. The van der Waals surface area contributed by atoms with Crippen LogP contribution >= 0.6 is 0 Å². The first-order valence-corrected chi connectivity index (χ1v) is 10.3. The molecule has 0 radical (unpaired) electrons. The van der Waals surface area contributed by atoms with Gasteiger partial charge in [-0.3, -0.25) is 4.79 Å². The van der Waals surface area contributed by atoms with Crippen LogP contribution in [0.5, 0.6) is 0 Å². The molecule has 2 aromatic carbocycles. The number of nitrogens with one attached hydrogen (secondary N) is 1. The van der Waals surface area contributed by atoms with Crippen LogP contribution in [-0.2, 0) is 22.3 Å². The molecule has 3 rings (SSSR count). The first-order chi connectivity index (χ1) is 13.0.